The van der Waals surface area contributed by atoms with E-state index in [2.05, 4.69) is 26.5 Å². The first-order valence-electron chi connectivity index (χ1n) is 10.5. The second-order valence-electron chi connectivity index (χ2n) is 9.64. The third kappa shape index (κ3) is 2.75. The molecular weight excluding hydrogens is 352 g/mol. The van der Waals surface area contributed by atoms with Gasteiger partial charge in [-0.15, -0.1) is 0 Å². The third-order valence-electron chi connectivity index (χ3n) is 8.22. The van der Waals surface area contributed by atoms with Crippen LogP contribution >= 0.6 is 0 Å². The molecule has 150 valence electrons. The van der Waals surface area contributed by atoms with E-state index in [1.165, 1.54) is 12.5 Å². The van der Waals surface area contributed by atoms with Gasteiger partial charge in [-0.05, 0) is 72.3 Å². The molecule has 0 amide bonds. The van der Waals surface area contributed by atoms with E-state index in [1.807, 2.05) is 6.08 Å². The lowest BCUT2D eigenvalue weighted by molar-refractivity contribution is -0.145. The van der Waals surface area contributed by atoms with E-state index >= 15 is 0 Å². The fraction of sp³-hybridized carbons (Fsp3) is 0.625. The monoisotopic (exact) mass is 382 g/mol. The van der Waals surface area contributed by atoms with Crippen molar-refractivity contribution in [2.45, 2.75) is 59.3 Å². The summed E-state index contributed by atoms with van der Waals surface area (Å²) in [5, 5.41) is 0. The van der Waals surface area contributed by atoms with Gasteiger partial charge in [0.1, 0.15) is 0 Å². The molecule has 28 heavy (non-hydrogen) atoms. The third-order valence-corrected chi connectivity index (χ3v) is 8.22. The van der Waals surface area contributed by atoms with Crippen molar-refractivity contribution >= 4 is 17.5 Å². The molecule has 0 aromatic heterocycles. The predicted molar refractivity (Wildman–Crippen MR) is 106 cm³/mol. The van der Waals surface area contributed by atoms with E-state index < -0.39 is 5.97 Å². The molecule has 0 bridgehead atoms. The average molecular weight is 383 g/mol. The van der Waals surface area contributed by atoms with Crippen LogP contribution in [0.25, 0.3) is 0 Å². The summed E-state index contributed by atoms with van der Waals surface area (Å²) < 4.78 is 4.98. The van der Waals surface area contributed by atoms with Crippen molar-refractivity contribution in [2.75, 3.05) is 6.61 Å². The number of hydrogen-bond acceptors (Lipinski definition) is 4. The van der Waals surface area contributed by atoms with Crippen molar-refractivity contribution in [3.63, 3.8) is 0 Å². The highest BCUT2D eigenvalue weighted by Gasteiger charge is 2.58. The first-order chi connectivity index (χ1) is 13.2. The topological polar surface area (TPSA) is 60.4 Å². The highest BCUT2D eigenvalue weighted by atomic mass is 16.5. The van der Waals surface area contributed by atoms with Gasteiger partial charge in [0.15, 0.2) is 18.2 Å². The van der Waals surface area contributed by atoms with Gasteiger partial charge >= 0.3 is 5.97 Å². The number of hydrogen-bond donors (Lipinski definition) is 0. The summed E-state index contributed by atoms with van der Waals surface area (Å²) in [6.45, 7) is 10.1. The van der Waals surface area contributed by atoms with Gasteiger partial charge in [-0.1, -0.05) is 32.1 Å². The quantitative estimate of drug-likeness (QED) is 0.681. The Balaban J connectivity index is 1.61. The van der Waals surface area contributed by atoms with Crippen molar-refractivity contribution in [1.82, 2.24) is 0 Å². The molecular formula is C24H30O4. The summed E-state index contributed by atoms with van der Waals surface area (Å²) in [6, 6.07) is 0. The van der Waals surface area contributed by atoms with E-state index in [4.69, 9.17) is 4.74 Å². The highest BCUT2D eigenvalue weighted by Crippen LogP contribution is 2.66. The molecule has 5 atom stereocenters. The van der Waals surface area contributed by atoms with Gasteiger partial charge in [0, 0.05) is 18.9 Å². The molecule has 4 nitrogen and oxygen atoms in total. The Hall–Kier alpha value is -1.97. The number of Topliss-reactive ketones (excluding diaryl/α,β-unsaturated/α-hetero) is 1. The van der Waals surface area contributed by atoms with E-state index in [0.717, 1.165) is 43.3 Å². The molecule has 4 heteroatoms. The SMILES string of the molecule is C=C1C[C@@H]2[C@H](CC[C@]3(C)C(C(=O)COC(C)=O)=CC[C@@H]23)[C@@]2(C)CCC(=O)C=C12. The number of carbonyl (C=O) groups is 3. The standard InChI is InChI=1S/C24H30O4/c1-14-11-17-18-5-6-20(22(27)13-28-15(2)25)23(18,3)10-8-19(17)24(4)9-7-16(26)12-21(14)24/h6,12,17-19H,1,5,7-11,13H2,2-4H3/t17-,18-,19-,23-,24+/m0/s1. The molecule has 0 aromatic carbocycles. The Kier molecular flexibility index (Phi) is 4.52. The first-order valence-corrected chi connectivity index (χ1v) is 10.5. The molecule has 2 saturated carbocycles. The molecule has 0 heterocycles. The van der Waals surface area contributed by atoms with E-state index in [9.17, 15) is 14.4 Å². The molecule has 4 aliphatic carbocycles. The summed E-state index contributed by atoms with van der Waals surface area (Å²) in [5.74, 6) is 1.19. The summed E-state index contributed by atoms with van der Waals surface area (Å²) in [5.41, 5.74) is 3.03. The maximum absolute atomic E-state index is 12.8. The summed E-state index contributed by atoms with van der Waals surface area (Å²) >= 11 is 0. The molecule has 4 aliphatic rings. The molecule has 0 aliphatic heterocycles. The van der Waals surface area contributed by atoms with Crippen LogP contribution in [0.3, 0.4) is 0 Å². The minimum absolute atomic E-state index is 0.0275. The van der Waals surface area contributed by atoms with E-state index in [0.29, 0.717) is 24.2 Å². The molecule has 0 aromatic rings. The zero-order valence-electron chi connectivity index (χ0n) is 17.2. The van der Waals surface area contributed by atoms with Gasteiger partial charge in [-0.3, -0.25) is 14.4 Å². The minimum atomic E-state index is -0.417. The minimum Gasteiger partial charge on any atom is -0.457 e. The number of carbonyl (C=O) groups excluding carboxylic acids is 3. The second kappa shape index (κ2) is 6.53. The molecule has 4 rings (SSSR count). The number of ether oxygens (including phenoxy) is 1. The number of esters is 1. The maximum Gasteiger partial charge on any atom is 0.303 e. The normalized spacial score (nSPS) is 39.3. The Morgan fingerprint density at radius 2 is 1.96 bits per heavy atom. The van der Waals surface area contributed by atoms with Crippen LogP contribution in [-0.4, -0.2) is 24.1 Å². The fourth-order valence-electron chi connectivity index (χ4n) is 6.81. The smallest absolute Gasteiger partial charge is 0.303 e. The lowest BCUT2D eigenvalue weighted by atomic mass is 9.46. The van der Waals surface area contributed by atoms with Crippen LogP contribution < -0.4 is 0 Å². The van der Waals surface area contributed by atoms with Crippen LogP contribution in [-0.2, 0) is 19.1 Å². The van der Waals surface area contributed by atoms with Gasteiger partial charge in [0.2, 0.25) is 0 Å². The van der Waals surface area contributed by atoms with Crippen LogP contribution in [0.2, 0.25) is 0 Å². The molecule has 0 N–H and O–H groups in total. The molecule has 0 radical (unpaired) electrons. The van der Waals surface area contributed by atoms with Crippen LogP contribution in [0, 0.1) is 28.6 Å². The fourth-order valence-corrected chi connectivity index (χ4v) is 6.81. The van der Waals surface area contributed by atoms with Crippen LogP contribution in [0.4, 0.5) is 0 Å². The Labute approximate surface area is 167 Å². The molecule has 0 saturated heterocycles. The first kappa shape index (κ1) is 19.4. The number of rotatable bonds is 3. The molecule has 0 unspecified atom stereocenters. The highest BCUT2D eigenvalue weighted by molar-refractivity contribution is 5.99. The van der Waals surface area contributed by atoms with Crippen molar-refractivity contribution in [1.29, 1.82) is 0 Å². The zero-order chi connectivity index (χ0) is 20.3. The van der Waals surface area contributed by atoms with Crippen LogP contribution in [0.15, 0.2) is 35.5 Å². The van der Waals surface area contributed by atoms with E-state index in [1.54, 1.807) is 0 Å². The van der Waals surface area contributed by atoms with Crippen molar-refractivity contribution < 1.29 is 19.1 Å². The lowest BCUT2D eigenvalue weighted by Gasteiger charge is -2.58. The Bertz CT molecular complexity index is 832. The van der Waals surface area contributed by atoms with Gasteiger partial charge < -0.3 is 4.74 Å². The Morgan fingerprint density at radius 3 is 2.68 bits per heavy atom. The summed E-state index contributed by atoms with van der Waals surface area (Å²) in [4.78, 5) is 35.9. The van der Waals surface area contributed by atoms with Gasteiger partial charge in [-0.2, -0.15) is 0 Å². The zero-order valence-corrected chi connectivity index (χ0v) is 17.2. The second-order valence-corrected chi connectivity index (χ2v) is 9.64. The van der Waals surface area contributed by atoms with Gasteiger partial charge in [-0.25, -0.2) is 0 Å². The van der Waals surface area contributed by atoms with Gasteiger partial charge in [0.25, 0.3) is 0 Å². The number of ketones is 2. The molecule has 2 fully saturated rings. The van der Waals surface area contributed by atoms with Gasteiger partial charge in [0.05, 0.1) is 0 Å². The van der Waals surface area contributed by atoms with Crippen LogP contribution in [0.1, 0.15) is 59.3 Å². The van der Waals surface area contributed by atoms with Crippen molar-refractivity contribution in [2.24, 2.45) is 28.6 Å². The largest absolute Gasteiger partial charge is 0.457 e. The van der Waals surface area contributed by atoms with Crippen LogP contribution in [0.5, 0.6) is 0 Å². The van der Waals surface area contributed by atoms with E-state index in [-0.39, 0.29) is 29.0 Å². The number of fused-ring (bicyclic) bond motifs is 5. The average Bonchev–Trinajstić information content (AvgIpc) is 2.99. The summed E-state index contributed by atoms with van der Waals surface area (Å²) in [6.07, 6.45) is 9.34. The Morgan fingerprint density at radius 1 is 1.21 bits per heavy atom. The lowest BCUT2D eigenvalue weighted by Crippen LogP contribution is -2.51. The number of allylic oxidation sites excluding steroid dienone is 4. The predicted octanol–water partition coefficient (Wildman–Crippen LogP) is 4.35. The maximum atomic E-state index is 12.8. The summed E-state index contributed by atoms with van der Waals surface area (Å²) in [7, 11) is 0. The van der Waals surface area contributed by atoms with Crippen molar-refractivity contribution in [3.05, 3.63) is 35.5 Å². The van der Waals surface area contributed by atoms with Crippen molar-refractivity contribution in [3.8, 4) is 0 Å². The molecule has 0 spiro atoms.